The zero-order valence-corrected chi connectivity index (χ0v) is 7.51. The van der Waals surface area contributed by atoms with Crippen LogP contribution in [-0.4, -0.2) is 9.78 Å². The molecular formula is C10H14N2. The second-order valence-corrected chi connectivity index (χ2v) is 4.04. The summed E-state index contributed by atoms with van der Waals surface area (Å²) in [4.78, 5) is 0. The minimum atomic E-state index is 0.769. The van der Waals surface area contributed by atoms with Gasteiger partial charge in [0.05, 0.1) is 11.7 Å². The maximum Gasteiger partial charge on any atom is 0.0628 e. The Hall–Kier alpha value is -0.790. The lowest BCUT2D eigenvalue weighted by atomic mass is 10.2. The van der Waals surface area contributed by atoms with Gasteiger partial charge in [0, 0.05) is 5.69 Å². The maximum atomic E-state index is 4.61. The highest BCUT2D eigenvalue weighted by atomic mass is 15.3. The molecule has 0 spiro atoms. The number of hydrogen-bond donors (Lipinski definition) is 0. The van der Waals surface area contributed by atoms with Crippen molar-refractivity contribution in [2.45, 2.75) is 45.1 Å². The van der Waals surface area contributed by atoms with Gasteiger partial charge in [0.15, 0.2) is 0 Å². The van der Waals surface area contributed by atoms with Crippen molar-refractivity contribution in [2.24, 2.45) is 0 Å². The van der Waals surface area contributed by atoms with Crippen molar-refractivity contribution in [1.82, 2.24) is 9.78 Å². The average molecular weight is 162 g/mol. The van der Waals surface area contributed by atoms with Crippen LogP contribution in [0.4, 0.5) is 0 Å². The van der Waals surface area contributed by atoms with Crippen LogP contribution in [0.3, 0.4) is 0 Å². The van der Waals surface area contributed by atoms with Crippen LogP contribution in [0, 0.1) is 6.92 Å². The fourth-order valence-electron chi connectivity index (χ4n) is 2.27. The van der Waals surface area contributed by atoms with Gasteiger partial charge in [0.25, 0.3) is 0 Å². The van der Waals surface area contributed by atoms with Crippen molar-refractivity contribution in [3.8, 4) is 0 Å². The van der Waals surface area contributed by atoms with Crippen LogP contribution in [0.25, 0.3) is 0 Å². The second kappa shape index (κ2) is 2.12. The van der Waals surface area contributed by atoms with Gasteiger partial charge < -0.3 is 0 Å². The highest BCUT2D eigenvalue weighted by molar-refractivity contribution is 5.30. The molecule has 64 valence electrons. The van der Waals surface area contributed by atoms with E-state index in [1.165, 1.54) is 37.8 Å². The van der Waals surface area contributed by atoms with E-state index in [2.05, 4.69) is 16.7 Å². The third-order valence-electron chi connectivity index (χ3n) is 3.05. The Balaban J connectivity index is 2.13. The lowest BCUT2D eigenvalue weighted by Crippen LogP contribution is -2.00. The summed E-state index contributed by atoms with van der Waals surface area (Å²) < 4.78 is 2.30. The molecule has 2 aliphatic rings. The minimum absolute atomic E-state index is 0.769. The smallest absolute Gasteiger partial charge is 0.0628 e. The normalized spacial score (nSPS) is 21.4. The lowest BCUT2D eigenvalue weighted by Gasteiger charge is -2.00. The molecule has 2 heteroatoms. The van der Waals surface area contributed by atoms with Gasteiger partial charge in [0.2, 0.25) is 0 Å². The first-order valence-corrected chi connectivity index (χ1v) is 4.93. The molecule has 2 nitrogen and oxygen atoms in total. The van der Waals surface area contributed by atoms with Crippen LogP contribution in [0.1, 0.15) is 42.3 Å². The lowest BCUT2D eigenvalue weighted by molar-refractivity contribution is 0.600. The molecule has 0 atom stereocenters. The summed E-state index contributed by atoms with van der Waals surface area (Å²) in [5.74, 6) is 0. The Morgan fingerprint density at radius 2 is 2.17 bits per heavy atom. The monoisotopic (exact) mass is 162 g/mol. The van der Waals surface area contributed by atoms with Crippen LogP contribution in [-0.2, 0) is 12.8 Å². The van der Waals surface area contributed by atoms with Gasteiger partial charge in [0.1, 0.15) is 0 Å². The Bertz CT molecular complexity index is 321. The molecule has 0 N–H and O–H groups in total. The average Bonchev–Trinajstić information content (AvgIpc) is 2.68. The third-order valence-corrected chi connectivity index (χ3v) is 3.05. The first-order valence-electron chi connectivity index (χ1n) is 4.93. The molecule has 1 aromatic rings. The Labute approximate surface area is 72.6 Å². The number of nitrogens with zero attached hydrogens (tertiary/aromatic N) is 2. The topological polar surface area (TPSA) is 17.8 Å². The predicted molar refractivity (Wildman–Crippen MR) is 47.3 cm³/mol. The summed E-state index contributed by atoms with van der Waals surface area (Å²) in [7, 11) is 0. The van der Waals surface area contributed by atoms with Crippen molar-refractivity contribution in [3.63, 3.8) is 0 Å². The molecule has 0 amide bonds. The molecule has 0 aliphatic heterocycles. The van der Waals surface area contributed by atoms with Crippen LogP contribution < -0.4 is 0 Å². The summed E-state index contributed by atoms with van der Waals surface area (Å²) in [6.07, 6.45) is 6.60. The van der Waals surface area contributed by atoms with E-state index >= 15 is 0 Å². The molecule has 2 aliphatic carbocycles. The zero-order valence-electron chi connectivity index (χ0n) is 7.51. The van der Waals surface area contributed by atoms with E-state index in [1.54, 1.807) is 11.3 Å². The van der Waals surface area contributed by atoms with Gasteiger partial charge in [-0.15, -0.1) is 0 Å². The molecule has 1 aromatic heterocycles. The molecule has 1 heterocycles. The van der Waals surface area contributed by atoms with Crippen molar-refractivity contribution < 1.29 is 0 Å². The van der Waals surface area contributed by atoms with E-state index in [-0.39, 0.29) is 0 Å². The van der Waals surface area contributed by atoms with Crippen molar-refractivity contribution in [1.29, 1.82) is 0 Å². The van der Waals surface area contributed by atoms with Gasteiger partial charge in [-0.25, -0.2) is 0 Å². The SMILES string of the molecule is Cc1nn(C2CC2)c2c1CCC2. The first-order chi connectivity index (χ1) is 5.86. The fraction of sp³-hybridized carbons (Fsp3) is 0.700. The summed E-state index contributed by atoms with van der Waals surface area (Å²) in [5, 5.41) is 4.61. The second-order valence-electron chi connectivity index (χ2n) is 4.04. The molecule has 3 rings (SSSR count). The molecule has 0 radical (unpaired) electrons. The zero-order chi connectivity index (χ0) is 8.13. The summed E-state index contributed by atoms with van der Waals surface area (Å²) in [6.45, 7) is 2.16. The molecule has 0 bridgehead atoms. The van der Waals surface area contributed by atoms with E-state index in [0.29, 0.717) is 0 Å². The molecule has 0 saturated heterocycles. The number of aromatic nitrogens is 2. The number of rotatable bonds is 1. The fourth-order valence-corrected chi connectivity index (χ4v) is 2.27. The Morgan fingerprint density at radius 3 is 2.92 bits per heavy atom. The number of hydrogen-bond acceptors (Lipinski definition) is 1. The minimum Gasteiger partial charge on any atom is -0.266 e. The quantitative estimate of drug-likeness (QED) is 0.617. The van der Waals surface area contributed by atoms with E-state index in [9.17, 15) is 0 Å². The van der Waals surface area contributed by atoms with Gasteiger partial charge in [-0.05, 0) is 44.6 Å². The summed E-state index contributed by atoms with van der Waals surface area (Å²) in [6, 6.07) is 0.769. The summed E-state index contributed by atoms with van der Waals surface area (Å²) in [5.41, 5.74) is 4.39. The summed E-state index contributed by atoms with van der Waals surface area (Å²) >= 11 is 0. The van der Waals surface area contributed by atoms with Crippen LogP contribution in [0.5, 0.6) is 0 Å². The van der Waals surface area contributed by atoms with E-state index in [0.717, 1.165) is 6.04 Å². The standard InChI is InChI=1S/C10H14N2/c1-7-9-3-2-4-10(9)12(11-7)8-5-6-8/h8H,2-6H2,1H3. The predicted octanol–water partition coefficient (Wildman–Crippen LogP) is 2.02. The largest absolute Gasteiger partial charge is 0.266 e. The highest BCUT2D eigenvalue weighted by Crippen LogP contribution is 2.38. The van der Waals surface area contributed by atoms with Crippen molar-refractivity contribution in [2.75, 3.05) is 0 Å². The van der Waals surface area contributed by atoms with Crippen LogP contribution >= 0.6 is 0 Å². The number of aryl methyl sites for hydroxylation is 1. The highest BCUT2D eigenvalue weighted by Gasteiger charge is 2.30. The molecule has 1 saturated carbocycles. The van der Waals surface area contributed by atoms with E-state index in [4.69, 9.17) is 0 Å². The molecule has 12 heavy (non-hydrogen) atoms. The maximum absolute atomic E-state index is 4.61. The Kier molecular flexibility index (Phi) is 1.18. The van der Waals surface area contributed by atoms with Gasteiger partial charge in [-0.3, -0.25) is 4.68 Å². The Morgan fingerprint density at radius 1 is 1.33 bits per heavy atom. The number of fused-ring (bicyclic) bond motifs is 1. The van der Waals surface area contributed by atoms with Crippen molar-refractivity contribution >= 4 is 0 Å². The third kappa shape index (κ3) is 0.780. The van der Waals surface area contributed by atoms with Gasteiger partial charge in [-0.1, -0.05) is 0 Å². The molecule has 0 aromatic carbocycles. The van der Waals surface area contributed by atoms with Crippen LogP contribution in [0.2, 0.25) is 0 Å². The van der Waals surface area contributed by atoms with Gasteiger partial charge >= 0.3 is 0 Å². The van der Waals surface area contributed by atoms with E-state index < -0.39 is 0 Å². The van der Waals surface area contributed by atoms with Crippen molar-refractivity contribution in [3.05, 3.63) is 17.0 Å². The molecular weight excluding hydrogens is 148 g/mol. The van der Waals surface area contributed by atoms with Crippen LogP contribution in [0.15, 0.2) is 0 Å². The molecule has 0 unspecified atom stereocenters. The van der Waals surface area contributed by atoms with Gasteiger partial charge in [-0.2, -0.15) is 5.10 Å². The first kappa shape index (κ1) is 6.70. The molecule has 1 fully saturated rings. The van der Waals surface area contributed by atoms with E-state index in [1.807, 2.05) is 0 Å².